The van der Waals surface area contributed by atoms with E-state index in [0.29, 0.717) is 0 Å². The van der Waals surface area contributed by atoms with Gasteiger partial charge in [0.05, 0.1) is 12.6 Å². The van der Waals surface area contributed by atoms with Crippen molar-refractivity contribution in [3.63, 3.8) is 0 Å². The summed E-state index contributed by atoms with van der Waals surface area (Å²) in [5, 5.41) is 21.7. The van der Waals surface area contributed by atoms with Crippen LogP contribution in [0.25, 0.3) is 0 Å². The van der Waals surface area contributed by atoms with Crippen LogP contribution in [-0.4, -0.2) is 28.8 Å². The molecule has 0 heterocycles. The Bertz CT molecular complexity index is 459. The molecular formula is C15H21NO3. The summed E-state index contributed by atoms with van der Waals surface area (Å²) in [6, 6.07) is 5.83. The highest BCUT2D eigenvalue weighted by atomic mass is 16.4. The molecule has 0 aliphatic heterocycles. The highest BCUT2D eigenvalue weighted by Crippen LogP contribution is 2.25. The van der Waals surface area contributed by atoms with Crippen molar-refractivity contribution >= 4 is 5.97 Å². The predicted octanol–water partition coefficient (Wildman–Crippen LogP) is 1.66. The van der Waals surface area contributed by atoms with Gasteiger partial charge in [-0.1, -0.05) is 18.2 Å². The molecule has 1 aliphatic carbocycles. The second-order valence-corrected chi connectivity index (χ2v) is 5.24. The third kappa shape index (κ3) is 3.55. The van der Waals surface area contributed by atoms with Crippen LogP contribution >= 0.6 is 0 Å². The number of aliphatic hydroxyl groups is 1. The van der Waals surface area contributed by atoms with E-state index in [2.05, 4.69) is 17.4 Å². The molecular weight excluding hydrogens is 242 g/mol. The van der Waals surface area contributed by atoms with Gasteiger partial charge < -0.3 is 15.5 Å². The number of aliphatic carboxylic acids is 1. The average Bonchev–Trinajstić information content (AvgIpc) is 2.43. The highest BCUT2D eigenvalue weighted by molar-refractivity contribution is 5.69. The van der Waals surface area contributed by atoms with Gasteiger partial charge in [-0.25, -0.2) is 0 Å². The molecule has 3 N–H and O–H groups in total. The number of nitrogens with one attached hydrogen (secondary N) is 1. The SMILES string of the molecule is CC(NCC(=O)O)C(O)c1ccc2c(c1)CCCC2. The van der Waals surface area contributed by atoms with E-state index < -0.39 is 12.1 Å². The Morgan fingerprint density at radius 3 is 2.68 bits per heavy atom. The first-order valence-corrected chi connectivity index (χ1v) is 6.83. The number of hydrogen-bond donors (Lipinski definition) is 3. The maximum absolute atomic E-state index is 10.5. The van der Waals surface area contributed by atoms with Gasteiger partial charge in [0.2, 0.25) is 0 Å². The molecule has 2 atom stereocenters. The van der Waals surface area contributed by atoms with E-state index in [9.17, 15) is 9.90 Å². The zero-order chi connectivity index (χ0) is 13.8. The Balaban J connectivity index is 2.06. The Hall–Kier alpha value is -1.39. The Morgan fingerprint density at radius 2 is 2.00 bits per heavy atom. The van der Waals surface area contributed by atoms with Crippen LogP contribution in [0.5, 0.6) is 0 Å². The van der Waals surface area contributed by atoms with Crippen molar-refractivity contribution in [1.82, 2.24) is 5.32 Å². The smallest absolute Gasteiger partial charge is 0.317 e. The zero-order valence-electron chi connectivity index (χ0n) is 11.2. The zero-order valence-corrected chi connectivity index (χ0v) is 11.2. The highest BCUT2D eigenvalue weighted by Gasteiger charge is 2.18. The molecule has 4 nitrogen and oxygen atoms in total. The maximum atomic E-state index is 10.5. The van der Waals surface area contributed by atoms with Gasteiger partial charge in [-0.05, 0) is 49.3 Å². The molecule has 104 valence electrons. The van der Waals surface area contributed by atoms with E-state index in [1.165, 1.54) is 24.0 Å². The van der Waals surface area contributed by atoms with Gasteiger partial charge in [0.15, 0.2) is 0 Å². The fourth-order valence-corrected chi connectivity index (χ4v) is 2.59. The summed E-state index contributed by atoms with van der Waals surface area (Å²) < 4.78 is 0. The minimum atomic E-state index is -0.913. The number of hydrogen-bond acceptors (Lipinski definition) is 3. The Labute approximate surface area is 113 Å². The van der Waals surface area contributed by atoms with Crippen molar-refractivity contribution in [1.29, 1.82) is 0 Å². The minimum Gasteiger partial charge on any atom is -0.480 e. The van der Waals surface area contributed by atoms with Gasteiger partial charge in [-0.3, -0.25) is 4.79 Å². The van der Waals surface area contributed by atoms with Crippen molar-refractivity contribution in [3.8, 4) is 0 Å². The van der Waals surface area contributed by atoms with Crippen LogP contribution in [0.15, 0.2) is 18.2 Å². The van der Waals surface area contributed by atoms with Gasteiger partial charge in [-0.2, -0.15) is 0 Å². The molecule has 2 rings (SSSR count). The number of carboxylic acid groups (broad SMARTS) is 1. The van der Waals surface area contributed by atoms with Crippen LogP contribution in [0.2, 0.25) is 0 Å². The van der Waals surface area contributed by atoms with Gasteiger partial charge >= 0.3 is 5.97 Å². The minimum absolute atomic E-state index is 0.136. The first-order chi connectivity index (χ1) is 9.08. The first-order valence-electron chi connectivity index (χ1n) is 6.83. The van der Waals surface area contributed by atoms with E-state index in [1.54, 1.807) is 6.92 Å². The van der Waals surface area contributed by atoms with E-state index >= 15 is 0 Å². The van der Waals surface area contributed by atoms with Crippen molar-refractivity contribution in [2.75, 3.05) is 6.54 Å². The number of aliphatic hydroxyl groups excluding tert-OH is 1. The lowest BCUT2D eigenvalue weighted by atomic mass is 9.89. The number of fused-ring (bicyclic) bond motifs is 1. The molecule has 0 aromatic heterocycles. The number of carbonyl (C=O) groups is 1. The number of aryl methyl sites for hydroxylation is 2. The quantitative estimate of drug-likeness (QED) is 0.755. The molecule has 1 aromatic rings. The molecule has 0 spiro atoms. The summed E-state index contributed by atoms with van der Waals surface area (Å²) in [6.45, 7) is 1.66. The molecule has 1 aromatic carbocycles. The standard InChI is InChI=1S/C15H21NO3/c1-10(16-9-14(17)18)15(19)13-7-6-11-4-2-3-5-12(11)8-13/h6-8,10,15-16,19H,2-5,9H2,1H3,(H,17,18). The predicted molar refractivity (Wildman–Crippen MR) is 73.1 cm³/mol. The van der Waals surface area contributed by atoms with Gasteiger partial charge in [-0.15, -0.1) is 0 Å². The molecule has 0 radical (unpaired) electrons. The van der Waals surface area contributed by atoms with E-state index in [-0.39, 0.29) is 12.6 Å². The fraction of sp³-hybridized carbons (Fsp3) is 0.533. The van der Waals surface area contributed by atoms with E-state index in [1.807, 2.05) is 6.07 Å². The van der Waals surface area contributed by atoms with Crippen molar-refractivity contribution < 1.29 is 15.0 Å². The molecule has 0 saturated heterocycles. The summed E-state index contributed by atoms with van der Waals surface area (Å²) in [7, 11) is 0. The molecule has 0 fully saturated rings. The first kappa shape index (κ1) is 14.0. The van der Waals surface area contributed by atoms with Crippen LogP contribution < -0.4 is 5.32 Å². The molecule has 1 aliphatic rings. The van der Waals surface area contributed by atoms with Crippen LogP contribution in [0, 0.1) is 0 Å². The van der Waals surface area contributed by atoms with Crippen LogP contribution in [-0.2, 0) is 17.6 Å². The molecule has 2 unspecified atom stereocenters. The lowest BCUT2D eigenvalue weighted by Gasteiger charge is -2.22. The molecule has 0 saturated carbocycles. The Morgan fingerprint density at radius 1 is 1.32 bits per heavy atom. The summed E-state index contributed by atoms with van der Waals surface area (Å²) in [4.78, 5) is 10.5. The fourth-order valence-electron chi connectivity index (χ4n) is 2.59. The van der Waals surface area contributed by atoms with Crippen molar-refractivity contribution in [3.05, 3.63) is 34.9 Å². The number of rotatable bonds is 5. The summed E-state index contributed by atoms with van der Waals surface area (Å²) >= 11 is 0. The molecule has 4 heteroatoms. The average molecular weight is 263 g/mol. The third-order valence-corrected chi connectivity index (χ3v) is 3.76. The molecule has 0 bridgehead atoms. The lowest BCUT2D eigenvalue weighted by molar-refractivity contribution is -0.136. The van der Waals surface area contributed by atoms with Gasteiger partial charge in [0.25, 0.3) is 0 Å². The summed E-state index contributed by atoms with van der Waals surface area (Å²) in [5.74, 6) is -0.913. The second kappa shape index (κ2) is 6.17. The monoisotopic (exact) mass is 263 g/mol. The van der Waals surface area contributed by atoms with Crippen LogP contribution in [0.1, 0.15) is 42.6 Å². The van der Waals surface area contributed by atoms with E-state index in [4.69, 9.17) is 5.11 Å². The second-order valence-electron chi connectivity index (χ2n) is 5.24. The topological polar surface area (TPSA) is 69.6 Å². The molecule has 19 heavy (non-hydrogen) atoms. The third-order valence-electron chi connectivity index (χ3n) is 3.76. The maximum Gasteiger partial charge on any atom is 0.317 e. The van der Waals surface area contributed by atoms with E-state index in [0.717, 1.165) is 18.4 Å². The van der Waals surface area contributed by atoms with Gasteiger partial charge in [0.1, 0.15) is 0 Å². The summed E-state index contributed by atoms with van der Waals surface area (Å²) in [5.41, 5.74) is 3.58. The number of carboxylic acids is 1. The van der Waals surface area contributed by atoms with Crippen LogP contribution in [0.3, 0.4) is 0 Å². The Kier molecular flexibility index (Phi) is 4.56. The molecule has 0 amide bonds. The normalized spacial score (nSPS) is 17.6. The van der Waals surface area contributed by atoms with Crippen molar-refractivity contribution in [2.24, 2.45) is 0 Å². The van der Waals surface area contributed by atoms with Crippen LogP contribution in [0.4, 0.5) is 0 Å². The summed E-state index contributed by atoms with van der Waals surface area (Å²) in [6.07, 6.45) is 3.97. The van der Waals surface area contributed by atoms with Crippen molar-refractivity contribution in [2.45, 2.75) is 44.8 Å². The number of benzene rings is 1. The lowest BCUT2D eigenvalue weighted by Crippen LogP contribution is -2.35. The largest absolute Gasteiger partial charge is 0.480 e. The van der Waals surface area contributed by atoms with Gasteiger partial charge in [0, 0.05) is 6.04 Å².